The van der Waals surface area contributed by atoms with Gasteiger partial charge in [-0.05, 0) is 26.2 Å². The zero-order chi connectivity index (χ0) is 25.9. The van der Waals surface area contributed by atoms with Gasteiger partial charge in [-0.3, -0.25) is 9.56 Å². The molecule has 4 aromatic rings. The first kappa shape index (κ1) is 24.8. The summed E-state index contributed by atoms with van der Waals surface area (Å²) < 4.78 is 9.56. The molecule has 0 unspecified atom stereocenters. The number of aryl methyl sites for hydroxylation is 2. The largest absolute Gasteiger partial charge is 0.390 e. The van der Waals surface area contributed by atoms with Gasteiger partial charge in [-0.25, -0.2) is 15.0 Å². The second kappa shape index (κ2) is 10.6. The molecule has 0 amide bonds. The fourth-order valence-electron chi connectivity index (χ4n) is 4.46. The summed E-state index contributed by atoms with van der Waals surface area (Å²) in [7, 11) is 5.93. The van der Waals surface area contributed by atoms with Gasteiger partial charge in [-0.15, -0.1) is 0 Å². The smallest absolute Gasteiger partial charge is 0.239 e. The molecule has 2 N–H and O–H groups in total. The van der Waals surface area contributed by atoms with Gasteiger partial charge in [0.15, 0.2) is 28.6 Å². The van der Waals surface area contributed by atoms with Gasteiger partial charge in [0, 0.05) is 33.1 Å². The molecule has 1 saturated heterocycles. The van der Waals surface area contributed by atoms with Crippen LogP contribution in [0.3, 0.4) is 0 Å². The minimum atomic E-state index is 0.460. The Morgan fingerprint density at radius 1 is 1.14 bits per heavy atom. The van der Waals surface area contributed by atoms with E-state index in [9.17, 15) is 0 Å². The van der Waals surface area contributed by atoms with Gasteiger partial charge in [0.2, 0.25) is 5.95 Å². The number of rotatable bonds is 7. The van der Waals surface area contributed by atoms with Gasteiger partial charge in [-0.1, -0.05) is 19.1 Å². The predicted molar refractivity (Wildman–Crippen MR) is 146 cm³/mol. The predicted octanol–water partition coefficient (Wildman–Crippen LogP) is 1.40. The number of hydrogen-bond donors (Lipinski definition) is 1. The van der Waals surface area contributed by atoms with E-state index in [2.05, 4.69) is 26.7 Å². The molecule has 0 radical (unpaired) electrons. The van der Waals surface area contributed by atoms with Crippen molar-refractivity contribution in [2.75, 3.05) is 58.4 Å². The Kier molecular flexibility index (Phi) is 7.10. The van der Waals surface area contributed by atoms with Crippen molar-refractivity contribution in [3.8, 4) is 5.95 Å². The molecule has 194 valence electrons. The van der Waals surface area contributed by atoms with Gasteiger partial charge in [0.05, 0.1) is 37.1 Å². The van der Waals surface area contributed by atoms with E-state index >= 15 is 0 Å². The van der Waals surface area contributed by atoms with E-state index in [1.165, 1.54) is 6.34 Å². The van der Waals surface area contributed by atoms with Crippen LogP contribution in [0.25, 0.3) is 28.1 Å². The van der Waals surface area contributed by atoms with Crippen molar-refractivity contribution >= 4 is 40.2 Å². The van der Waals surface area contributed by atoms with Crippen LogP contribution in [0.4, 0.5) is 5.82 Å². The zero-order valence-corrected chi connectivity index (χ0v) is 21.8. The molecule has 1 aliphatic heterocycles. The number of benzene rings is 1. The number of fused-ring (bicyclic) bond motifs is 2. The number of aliphatic imine (C=N–C) groups is 2. The van der Waals surface area contributed by atoms with E-state index in [4.69, 9.17) is 30.4 Å². The number of ether oxygens (including phenoxy) is 1. The molecule has 4 heterocycles. The highest BCUT2D eigenvalue weighted by molar-refractivity contribution is 6.03. The number of morpholine rings is 1. The van der Waals surface area contributed by atoms with E-state index in [1.54, 1.807) is 0 Å². The number of imidazole rings is 2. The monoisotopic (exact) mass is 503 g/mol. The lowest BCUT2D eigenvalue weighted by Gasteiger charge is -2.28. The highest BCUT2D eigenvalue weighted by Gasteiger charge is 2.25. The molecule has 1 fully saturated rings. The third-order valence-electron chi connectivity index (χ3n) is 6.35. The molecule has 0 spiro atoms. The van der Waals surface area contributed by atoms with Crippen molar-refractivity contribution in [3.05, 3.63) is 35.9 Å². The lowest BCUT2D eigenvalue weighted by molar-refractivity contribution is 0.122. The van der Waals surface area contributed by atoms with Gasteiger partial charge in [-0.2, -0.15) is 9.97 Å². The maximum atomic E-state index is 5.68. The number of para-hydroxylation sites is 2. The number of aromatic nitrogens is 6. The minimum Gasteiger partial charge on any atom is -0.390 e. The highest BCUT2D eigenvalue weighted by atomic mass is 16.5. The van der Waals surface area contributed by atoms with E-state index in [0.29, 0.717) is 61.6 Å². The number of nitrogens with two attached hydrogens (primary N) is 1. The molecule has 1 aromatic carbocycles. The lowest BCUT2D eigenvalue weighted by Crippen LogP contribution is -2.37. The van der Waals surface area contributed by atoms with E-state index < -0.39 is 0 Å². The van der Waals surface area contributed by atoms with Crippen molar-refractivity contribution in [2.24, 2.45) is 22.8 Å². The van der Waals surface area contributed by atoms with E-state index in [1.807, 2.05) is 54.5 Å². The molecular weight excluding hydrogens is 470 g/mol. The normalized spacial score (nSPS) is 15.2. The molecule has 0 saturated carbocycles. The number of amidine groups is 1. The van der Waals surface area contributed by atoms with Crippen molar-refractivity contribution in [1.29, 1.82) is 0 Å². The Morgan fingerprint density at radius 3 is 2.65 bits per heavy atom. The van der Waals surface area contributed by atoms with Crippen molar-refractivity contribution in [1.82, 2.24) is 34.0 Å². The third-order valence-corrected chi connectivity index (χ3v) is 6.35. The minimum absolute atomic E-state index is 0.460. The second-order valence-electron chi connectivity index (χ2n) is 9.11. The van der Waals surface area contributed by atoms with Gasteiger partial charge in [0.25, 0.3) is 0 Å². The van der Waals surface area contributed by atoms with Gasteiger partial charge in [0.1, 0.15) is 5.82 Å². The summed E-state index contributed by atoms with van der Waals surface area (Å²) in [5.74, 6) is 3.26. The van der Waals surface area contributed by atoms with Crippen LogP contribution in [0.5, 0.6) is 0 Å². The summed E-state index contributed by atoms with van der Waals surface area (Å²) in [4.78, 5) is 33.1. The van der Waals surface area contributed by atoms with Crippen LogP contribution in [0.15, 0.2) is 34.3 Å². The van der Waals surface area contributed by atoms with Crippen molar-refractivity contribution in [3.63, 3.8) is 0 Å². The number of anilines is 1. The van der Waals surface area contributed by atoms with Gasteiger partial charge >= 0.3 is 0 Å². The molecule has 0 atom stereocenters. The Hall–Kier alpha value is -3.90. The fraction of sp³-hybridized carbons (Fsp3) is 0.440. The third kappa shape index (κ3) is 4.77. The highest BCUT2D eigenvalue weighted by Crippen LogP contribution is 2.28. The van der Waals surface area contributed by atoms with E-state index in [0.717, 1.165) is 35.6 Å². The van der Waals surface area contributed by atoms with Crippen LogP contribution in [0.1, 0.15) is 18.6 Å². The van der Waals surface area contributed by atoms with Crippen LogP contribution in [-0.2, 0) is 18.2 Å². The molecule has 0 bridgehead atoms. The second-order valence-corrected chi connectivity index (χ2v) is 9.11. The van der Waals surface area contributed by atoms with Crippen molar-refractivity contribution < 1.29 is 4.74 Å². The standard InChI is InChI=1S/C25H33N11O/c1-5-19-29-17-8-6-7-9-18(17)36(19)25-31-22-20(23(32-25)35-12-14-37-15-13-35)30-24(34(22)4)21(28-16-26)27-10-11-33(2)3/h6-9,16H,5,10-15H2,1-4H3,(H2,26,27,28). The summed E-state index contributed by atoms with van der Waals surface area (Å²) >= 11 is 0. The maximum absolute atomic E-state index is 5.68. The molecule has 3 aromatic heterocycles. The number of nitrogens with zero attached hydrogens (tertiary/aromatic N) is 10. The van der Waals surface area contributed by atoms with E-state index in [-0.39, 0.29) is 0 Å². The molecule has 37 heavy (non-hydrogen) atoms. The SMILES string of the molecule is CCc1nc2ccccc2n1-c1nc(N2CCOCC2)c2nc(C(N=CN)=NCCN(C)C)n(C)c2n1. The van der Waals surface area contributed by atoms with Crippen LogP contribution < -0.4 is 10.6 Å². The maximum Gasteiger partial charge on any atom is 0.239 e. The van der Waals surface area contributed by atoms with Gasteiger partial charge < -0.3 is 24.8 Å². The lowest BCUT2D eigenvalue weighted by atomic mass is 10.3. The average Bonchev–Trinajstić information content (AvgIpc) is 3.45. The first-order valence-corrected chi connectivity index (χ1v) is 12.5. The Labute approximate surface area is 215 Å². The molecule has 12 nitrogen and oxygen atoms in total. The first-order chi connectivity index (χ1) is 18.0. The van der Waals surface area contributed by atoms with Crippen LogP contribution in [-0.4, -0.2) is 99.6 Å². The molecular formula is C25H33N11O. The first-order valence-electron chi connectivity index (χ1n) is 12.5. The quantitative estimate of drug-likeness (QED) is 0.296. The number of hydrogen-bond acceptors (Lipinski definition) is 8. The fourth-order valence-corrected chi connectivity index (χ4v) is 4.46. The Morgan fingerprint density at radius 2 is 1.92 bits per heavy atom. The summed E-state index contributed by atoms with van der Waals surface area (Å²) in [5, 5.41) is 0. The topological polar surface area (TPSA) is 128 Å². The molecule has 12 heteroatoms. The molecule has 5 rings (SSSR count). The Bertz CT molecular complexity index is 1460. The van der Waals surface area contributed by atoms with Crippen molar-refractivity contribution in [2.45, 2.75) is 13.3 Å². The summed E-state index contributed by atoms with van der Waals surface area (Å²) in [6.07, 6.45) is 1.99. The van der Waals surface area contributed by atoms with Crippen LogP contribution in [0, 0.1) is 0 Å². The summed E-state index contributed by atoms with van der Waals surface area (Å²) in [5.41, 5.74) is 8.94. The average molecular weight is 504 g/mol. The Balaban J connectivity index is 1.73. The van der Waals surface area contributed by atoms with Crippen LogP contribution in [0.2, 0.25) is 0 Å². The molecule has 0 aliphatic carbocycles. The zero-order valence-electron chi connectivity index (χ0n) is 21.8. The molecule has 1 aliphatic rings. The summed E-state index contributed by atoms with van der Waals surface area (Å²) in [6.45, 7) is 6.12. The number of likely N-dealkylation sites (N-methyl/N-ethyl adjacent to an activating group) is 1. The summed E-state index contributed by atoms with van der Waals surface area (Å²) in [6, 6.07) is 8.05. The van der Waals surface area contributed by atoms with Crippen LogP contribution >= 0.6 is 0 Å².